The third kappa shape index (κ3) is 4.85. The van der Waals surface area contributed by atoms with Crippen LogP contribution in [0.25, 0.3) is 0 Å². The number of hydrogen-bond donors (Lipinski definition) is 1. The lowest BCUT2D eigenvalue weighted by Gasteiger charge is -2.33. The molecular formula is C18H29NO2. The van der Waals surface area contributed by atoms with Crippen molar-refractivity contribution in [2.45, 2.75) is 46.5 Å². The molecule has 1 rings (SSSR count). The zero-order valence-electron chi connectivity index (χ0n) is 14.5. The number of rotatable bonds is 6. The number of ketones is 1. The zero-order valence-corrected chi connectivity index (χ0v) is 14.5. The van der Waals surface area contributed by atoms with Gasteiger partial charge in [-0.3, -0.25) is 4.79 Å². The SMILES string of the molecule is CNCC(=O)c1cc(C(C)(C)CC(C)(C)C)ccc1OC. The van der Waals surface area contributed by atoms with Crippen LogP contribution in [0.5, 0.6) is 5.75 Å². The maximum absolute atomic E-state index is 12.2. The molecule has 1 aromatic rings. The van der Waals surface area contributed by atoms with Crippen LogP contribution in [-0.4, -0.2) is 26.5 Å². The number of hydrogen-bond acceptors (Lipinski definition) is 3. The first-order valence-corrected chi connectivity index (χ1v) is 7.47. The quantitative estimate of drug-likeness (QED) is 0.810. The number of carbonyl (C=O) groups is 1. The van der Waals surface area contributed by atoms with Crippen molar-refractivity contribution in [1.82, 2.24) is 5.32 Å². The topological polar surface area (TPSA) is 38.3 Å². The average Bonchev–Trinajstić information content (AvgIpc) is 2.35. The maximum atomic E-state index is 12.2. The molecule has 0 radical (unpaired) electrons. The van der Waals surface area contributed by atoms with Crippen molar-refractivity contribution in [2.24, 2.45) is 5.41 Å². The molecule has 0 heterocycles. The minimum Gasteiger partial charge on any atom is -0.496 e. The number of nitrogens with one attached hydrogen (secondary N) is 1. The fraction of sp³-hybridized carbons (Fsp3) is 0.611. The van der Waals surface area contributed by atoms with Gasteiger partial charge in [0.2, 0.25) is 0 Å². The molecule has 0 spiro atoms. The molecule has 1 aromatic carbocycles. The molecule has 0 saturated heterocycles. The standard InChI is InChI=1S/C18H29NO2/c1-17(2,3)12-18(4,5)13-8-9-16(21-7)14(10-13)15(20)11-19-6/h8-10,19H,11-12H2,1-7H3. The molecule has 0 saturated carbocycles. The van der Waals surface area contributed by atoms with Gasteiger partial charge in [0.15, 0.2) is 5.78 Å². The van der Waals surface area contributed by atoms with Gasteiger partial charge in [-0.05, 0) is 42.0 Å². The van der Waals surface area contributed by atoms with Crippen molar-refractivity contribution >= 4 is 5.78 Å². The zero-order chi connectivity index (χ0) is 16.3. The summed E-state index contributed by atoms with van der Waals surface area (Å²) < 4.78 is 5.33. The molecule has 0 atom stereocenters. The molecule has 0 aliphatic carbocycles. The third-order valence-corrected chi connectivity index (χ3v) is 3.59. The largest absolute Gasteiger partial charge is 0.496 e. The van der Waals surface area contributed by atoms with Crippen LogP contribution in [0, 0.1) is 5.41 Å². The summed E-state index contributed by atoms with van der Waals surface area (Å²) >= 11 is 0. The average molecular weight is 291 g/mol. The Bertz CT molecular complexity index is 498. The van der Waals surface area contributed by atoms with E-state index in [-0.39, 0.29) is 16.6 Å². The Balaban J connectivity index is 3.21. The molecule has 0 aliphatic rings. The van der Waals surface area contributed by atoms with Gasteiger partial charge >= 0.3 is 0 Å². The van der Waals surface area contributed by atoms with E-state index in [1.165, 1.54) is 5.56 Å². The number of likely N-dealkylation sites (N-methyl/N-ethyl adjacent to an activating group) is 1. The summed E-state index contributed by atoms with van der Waals surface area (Å²) in [7, 11) is 3.38. The van der Waals surface area contributed by atoms with Crippen LogP contribution >= 0.6 is 0 Å². The summed E-state index contributed by atoms with van der Waals surface area (Å²) in [6.07, 6.45) is 1.05. The molecule has 0 fully saturated rings. The minimum absolute atomic E-state index is 0.0131. The van der Waals surface area contributed by atoms with Gasteiger partial charge in [0.1, 0.15) is 5.75 Å². The Morgan fingerprint density at radius 2 is 1.81 bits per heavy atom. The van der Waals surface area contributed by atoms with E-state index in [1.807, 2.05) is 12.1 Å². The number of ether oxygens (including phenoxy) is 1. The molecule has 3 nitrogen and oxygen atoms in total. The van der Waals surface area contributed by atoms with Crippen LogP contribution < -0.4 is 10.1 Å². The molecular weight excluding hydrogens is 262 g/mol. The third-order valence-electron chi connectivity index (χ3n) is 3.59. The number of methoxy groups -OCH3 is 1. The van der Waals surface area contributed by atoms with E-state index in [2.05, 4.69) is 46.0 Å². The highest BCUT2D eigenvalue weighted by Crippen LogP contribution is 2.37. The summed E-state index contributed by atoms with van der Waals surface area (Å²) in [5.74, 6) is 0.702. The lowest BCUT2D eigenvalue weighted by atomic mass is 9.72. The monoisotopic (exact) mass is 291 g/mol. The first-order chi connectivity index (χ1) is 9.60. The normalized spacial score (nSPS) is 12.3. The number of benzene rings is 1. The Morgan fingerprint density at radius 1 is 1.19 bits per heavy atom. The van der Waals surface area contributed by atoms with Crippen LogP contribution in [0.1, 0.15) is 57.0 Å². The van der Waals surface area contributed by atoms with Gasteiger partial charge in [0.05, 0.1) is 19.2 Å². The molecule has 0 unspecified atom stereocenters. The van der Waals surface area contributed by atoms with Crippen LogP contribution in [0.3, 0.4) is 0 Å². The van der Waals surface area contributed by atoms with E-state index in [9.17, 15) is 4.79 Å². The predicted molar refractivity (Wildman–Crippen MR) is 88.3 cm³/mol. The van der Waals surface area contributed by atoms with E-state index in [0.717, 1.165) is 6.42 Å². The van der Waals surface area contributed by atoms with E-state index < -0.39 is 0 Å². The van der Waals surface area contributed by atoms with Crippen LogP contribution in [0.2, 0.25) is 0 Å². The van der Waals surface area contributed by atoms with Gasteiger partial charge < -0.3 is 10.1 Å². The van der Waals surface area contributed by atoms with Crippen molar-refractivity contribution in [3.8, 4) is 5.75 Å². The minimum atomic E-state index is 0.0131. The number of carbonyl (C=O) groups excluding carboxylic acids is 1. The lowest BCUT2D eigenvalue weighted by Crippen LogP contribution is -2.26. The van der Waals surface area contributed by atoms with E-state index in [1.54, 1.807) is 14.2 Å². The maximum Gasteiger partial charge on any atom is 0.180 e. The van der Waals surface area contributed by atoms with Crippen molar-refractivity contribution < 1.29 is 9.53 Å². The van der Waals surface area contributed by atoms with Crippen molar-refractivity contribution in [1.29, 1.82) is 0 Å². The van der Waals surface area contributed by atoms with Crippen molar-refractivity contribution in [3.63, 3.8) is 0 Å². The molecule has 0 aliphatic heterocycles. The van der Waals surface area contributed by atoms with Crippen LogP contribution in [-0.2, 0) is 5.41 Å². The van der Waals surface area contributed by atoms with Gasteiger partial charge in [-0.25, -0.2) is 0 Å². The molecule has 0 aromatic heterocycles. The Labute approximate surface area is 129 Å². The van der Waals surface area contributed by atoms with Crippen LogP contribution in [0.4, 0.5) is 0 Å². The Hall–Kier alpha value is -1.35. The van der Waals surface area contributed by atoms with Gasteiger partial charge in [-0.15, -0.1) is 0 Å². The second kappa shape index (κ2) is 6.61. The number of Topliss-reactive ketones (excluding diaryl/α,β-unsaturated/α-hetero) is 1. The summed E-state index contributed by atoms with van der Waals surface area (Å²) in [6.45, 7) is 11.5. The molecule has 21 heavy (non-hydrogen) atoms. The highest BCUT2D eigenvalue weighted by Gasteiger charge is 2.28. The highest BCUT2D eigenvalue weighted by molar-refractivity contribution is 6.00. The van der Waals surface area contributed by atoms with E-state index >= 15 is 0 Å². The Kier molecular flexibility index (Phi) is 5.57. The summed E-state index contributed by atoms with van der Waals surface area (Å²) in [4.78, 5) is 12.2. The molecule has 0 bridgehead atoms. The smallest absolute Gasteiger partial charge is 0.180 e. The highest BCUT2D eigenvalue weighted by atomic mass is 16.5. The fourth-order valence-corrected chi connectivity index (χ4v) is 3.03. The van der Waals surface area contributed by atoms with Gasteiger partial charge in [0, 0.05) is 0 Å². The molecule has 118 valence electrons. The summed E-state index contributed by atoms with van der Waals surface area (Å²) in [6, 6.07) is 5.97. The van der Waals surface area contributed by atoms with E-state index in [4.69, 9.17) is 4.74 Å². The molecule has 1 N–H and O–H groups in total. The summed E-state index contributed by atoms with van der Waals surface area (Å²) in [5.41, 5.74) is 2.08. The lowest BCUT2D eigenvalue weighted by molar-refractivity contribution is 0.0990. The molecule has 0 amide bonds. The predicted octanol–water partition coefficient (Wildman–Crippen LogP) is 3.81. The van der Waals surface area contributed by atoms with Crippen LogP contribution in [0.15, 0.2) is 18.2 Å². The van der Waals surface area contributed by atoms with Crippen molar-refractivity contribution in [2.75, 3.05) is 20.7 Å². The molecule has 3 heteroatoms. The van der Waals surface area contributed by atoms with Gasteiger partial charge in [-0.2, -0.15) is 0 Å². The van der Waals surface area contributed by atoms with Crippen molar-refractivity contribution in [3.05, 3.63) is 29.3 Å². The first kappa shape index (κ1) is 17.7. The van der Waals surface area contributed by atoms with E-state index in [0.29, 0.717) is 17.9 Å². The van der Waals surface area contributed by atoms with Gasteiger partial charge in [0.25, 0.3) is 0 Å². The van der Waals surface area contributed by atoms with Gasteiger partial charge in [-0.1, -0.05) is 40.7 Å². The Morgan fingerprint density at radius 3 is 2.29 bits per heavy atom. The second-order valence-corrected chi connectivity index (χ2v) is 7.49. The second-order valence-electron chi connectivity index (χ2n) is 7.49. The first-order valence-electron chi connectivity index (χ1n) is 7.47. The fourth-order valence-electron chi connectivity index (χ4n) is 3.03. The summed E-state index contributed by atoms with van der Waals surface area (Å²) in [5, 5.41) is 2.91.